The predicted molar refractivity (Wildman–Crippen MR) is 390 cm³/mol. The first-order valence-corrected chi connectivity index (χ1v) is 31.4. The molecule has 8 aromatic rings. The van der Waals surface area contributed by atoms with Crippen LogP contribution >= 0.6 is 0 Å². The number of azo groups is 4. The summed E-state index contributed by atoms with van der Waals surface area (Å²) < 4.78 is 117. The first-order chi connectivity index (χ1) is 53.7. The van der Waals surface area contributed by atoms with Gasteiger partial charge in [-0.15, -0.1) is 12.8 Å². The minimum Gasteiger partial charge on any atom is -0.487 e. The Labute approximate surface area is 630 Å². The van der Waals surface area contributed by atoms with Gasteiger partial charge in [-0.05, 0) is 132 Å². The van der Waals surface area contributed by atoms with Gasteiger partial charge in [0.25, 0.3) is 11.4 Å². The fourth-order valence-electron chi connectivity index (χ4n) is 8.39. The highest BCUT2D eigenvalue weighted by atomic mass is 19.4. The smallest absolute Gasteiger partial charge is 0.416 e. The molecule has 0 aromatic heterocycles. The molecule has 8 aromatic carbocycles. The van der Waals surface area contributed by atoms with Gasteiger partial charge >= 0.3 is 36.7 Å². The summed E-state index contributed by atoms with van der Waals surface area (Å²) in [5, 5.41) is 67.6. The third-order valence-corrected chi connectivity index (χ3v) is 13.4. The maximum atomic E-state index is 12.6. The summed E-state index contributed by atoms with van der Waals surface area (Å²) in [4.78, 5) is 73.0. The van der Waals surface area contributed by atoms with Crippen LogP contribution in [0.2, 0.25) is 0 Å². The lowest BCUT2D eigenvalue weighted by molar-refractivity contribution is -0.385. The van der Waals surface area contributed by atoms with Crippen LogP contribution in [0.1, 0.15) is 33.4 Å². The van der Waals surface area contributed by atoms with Gasteiger partial charge in [-0.2, -0.15) is 67.3 Å². The second-order valence-corrected chi connectivity index (χ2v) is 20.9. The van der Waals surface area contributed by atoms with Crippen molar-refractivity contribution in [1.82, 2.24) is 0 Å². The first kappa shape index (κ1) is 87.2. The van der Waals surface area contributed by atoms with Crippen LogP contribution in [0.4, 0.5) is 102 Å². The molecule has 0 unspecified atom stereocenters. The number of nitro benzene ring substituents is 2. The fourth-order valence-corrected chi connectivity index (χ4v) is 8.39. The largest absolute Gasteiger partial charge is 0.487 e. The van der Waals surface area contributed by atoms with Crippen LogP contribution in [0, 0.1) is 44.9 Å². The zero-order chi connectivity index (χ0) is 81.9. The molecule has 0 saturated carbocycles. The Hall–Kier alpha value is -15.4. The van der Waals surface area contributed by atoms with E-state index in [9.17, 15) is 65.7 Å². The molecule has 0 radical (unpaired) electrons. The van der Waals surface area contributed by atoms with E-state index in [0.29, 0.717) is 73.6 Å². The number of halogens is 6. The summed E-state index contributed by atoms with van der Waals surface area (Å²) in [5.41, 5.74) is 20.1. The zero-order valence-corrected chi connectivity index (χ0v) is 58.9. The second kappa shape index (κ2) is 45.8. The van der Waals surface area contributed by atoms with Crippen LogP contribution in [-0.4, -0.2) is 89.1 Å². The number of hydrogen-bond acceptors (Lipinski definition) is 26. The average molecular weight is 1550 g/mol. The molecule has 42 heteroatoms. The molecule has 0 aliphatic carbocycles. The number of nitrogens with one attached hydrogen (secondary N) is 4. The van der Waals surface area contributed by atoms with Crippen LogP contribution in [0.3, 0.4) is 0 Å². The minimum atomic E-state index is -4.46. The van der Waals surface area contributed by atoms with Gasteiger partial charge in [-0.3, -0.25) is 41.5 Å². The molecule has 0 heterocycles. The van der Waals surface area contributed by atoms with Crippen LogP contribution in [0.5, 0.6) is 23.0 Å². The number of rotatable bonds is 28. The Kier molecular flexibility index (Phi) is 35.7. The van der Waals surface area contributed by atoms with Gasteiger partial charge < -0.3 is 37.9 Å². The summed E-state index contributed by atoms with van der Waals surface area (Å²) in [6.45, 7) is -1.01. The number of carbonyl (C=O) groups excluding carboxylic acids is 4. The highest BCUT2D eigenvalue weighted by molar-refractivity contribution is 5.86. The number of nitro groups is 2. The van der Waals surface area contributed by atoms with E-state index in [-0.39, 0.29) is 81.6 Å². The van der Waals surface area contributed by atoms with E-state index in [2.05, 4.69) is 94.1 Å². The first-order valence-electron chi connectivity index (χ1n) is 31.4. The van der Waals surface area contributed by atoms with Gasteiger partial charge in [0.05, 0.1) is 43.7 Å². The number of hydrogen-bond donors (Lipinski definition) is 4. The number of carbonyl (C=O) groups is 4. The van der Waals surface area contributed by atoms with Crippen molar-refractivity contribution in [3.63, 3.8) is 0 Å². The monoisotopic (exact) mass is 1550 g/mol. The second-order valence-electron chi connectivity index (χ2n) is 20.9. The zero-order valence-electron chi connectivity index (χ0n) is 58.9. The van der Waals surface area contributed by atoms with E-state index in [1.165, 1.54) is 75.7 Å². The van der Waals surface area contributed by atoms with Crippen molar-refractivity contribution in [1.29, 1.82) is 0 Å². The number of amides is 4. The minimum absolute atomic E-state index is 0.0114. The lowest BCUT2D eigenvalue weighted by atomic mass is 10.2. The fraction of sp³-hybridized carbons (Fsp3) is 0.200. The normalized spacial score (nSPS) is 10.6. The van der Waals surface area contributed by atoms with Crippen molar-refractivity contribution >= 4 is 81.2 Å². The molecule has 0 saturated heterocycles. The molecule has 0 bridgehead atoms. The van der Waals surface area contributed by atoms with Crippen molar-refractivity contribution in [3.8, 4) is 47.7 Å². The molecule has 0 spiro atoms. The molecule has 0 aliphatic heterocycles. The maximum Gasteiger partial charge on any atom is 0.416 e. The molecule has 580 valence electrons. The lowest BCUT2D eigenvalue weighted by Gasteiger charge is -2.12. The third-order valence-electron chi connectivity index (χ3n) is 13.4. The summed E-state index contributed by atoms with van der Waals surface area (Å²) in [7, 11) is 6.06. The van der Waals surface area contributed by atoms with Crippen LogP contribution < -0.4 is 40.2 Å². The molecule has 0 aliphatic rings. The molecule has 4 amide bonds. The van der Waals surface area contributed by atoms with E-state index in [1.54, 1.807) is 73.8 Å². The molecule has 4 N–H and O–H groups in total. The van der Waals surface area contributed by atoms with E-state index in [0.717, 1.165) is 48.5 Å². The van der Waals surface area contributed by atoms with Crippen LogP contribution in [-0.2, 0) is 57.7 Å². The lowest BCUT2D eigenvalue weighted by Crippen LogP contribution is -2.14. The Morgan fingerprint density at radius 2 is 0.652 bits per heavy atom. The highest BCUT2D eigenvalue weighted by Crippen LogP contribution is 2.34. The Balaban J connectivity index is 0.000000267. The van der Waals surface area contributed by atoms with Crippen molar-refractivity contribution in [3.05, 3.63) is 244 Å². The van der Waals surface area contributed by atoms with Crippen molar-refractivity contribution in [2.75, 3.05) is 76.1 Å². The average Bonchev–Trinajstić information content (AvgIpc) is 0.886. The Morgan fingerprint density at radius 3 is 0.866 bits per heavy atom. The van der Waals surface area contributed by atoms with E-state index in [1.807, 2.05) is 0 Å². The maximum absolute atomic E-state index is 12.6. The van der Waals surface area contributed by atoms with Gasteiger partial charge in [-0.1, -0.05) is 22.1 Å². The van der Waals surface area contributed by atoms with Crippen LogP contribution in [0.15, 0.2) is 221 Å². The molecular weight excluding hydrogens is 1490 g/mol. The van der Waals surface area contributed by atoms with Gasteiger partial charge in [-0.25, -0.2) is 19.2 Å². The SMILES string of the molecule is C#CCOc1cc(N=NC)ccc1COC(=O)Nc1ccc(C(F)(F)F)cc1.C#CCOc1cc(N=NC)ccc1COC(=O)Nc1ccc([N+](=O)[O-])cc1.CN=Nc1ccc(COC(=O)Nc2ccc(C(F)(F)F)cc2)c(OCN=[N+]=[N-])c1.CN=Nc1ccc(COC(=O)Nc2ccc([N+](=O)[O-])cc2)c(OCN=[N+]=[N-])c1. The topological polar surface area (TPSA) is 473 Å². The molecule has 0 atom stereocenters. The number of anilines is 4. The van der Waals surface area contributed by atoms with Crippen molar-refractivity contribution in [2.24, 2.45) is 51.1 Å². The number of benzene rings is 8. The van der Waals surface area contributed by atoms with Crippen molar-refractivity contribution in [2.45, 2.75) is 38.8 Å². The van der Waals surface area contributed by atoms with Crippen molar-refractivity contribution < 1.29 is 93.3 Å². The predicted octanol–water partition coefficient (Wildman–Crippen LogP) is 19.8. The summed E-state index contributed by atoms with van der Waals surface area (Å²) in [6.07, 6.45) is -1.70. The quantitative estimate of drug-likeness (QED) is 0.00517. The van der Waals surface area contributed by atoms with E-state index in [4.69, 9.17) is 61.8 Å². The number of non-ortho nitro benzene ring substituents is 2. The van der Waals surface area contributed by atoms with Gasteiger partial charge in [0.2, 0.25) is 0 Å². The molecular formula is C70H62F6N20O16. The molecule has 36 nitrogen and oxygen atoms in total. The number of terminal acetylenes is 2. The molecule has 0 fully saturated rings. The Morgan fingerprint density at radius 1 is 0.411 bits per heavy atom. The molecule has 8 rings (SSSR count). The number of nitrogens with zero attached hydrogens (tertiary/aromatic N) is 16. The van der Waals surface area contributed by atoms with E-state index < -0.39 is 57.7 Å². The van der Waals surface area contributed by atoms with Crippen LogP contribution in [0.25, 0.3) is 20.9 Å². The van der Waals surface area contributed by atoms with Gasteiger partial charge in [0.15, 0.2) is 13.5 Å². The molecule has 112 heavy (non-hydrogen) atoms. The third kappa shape index (κ3) is 31.3. The Bertz CT molecular complexity index is 4840. The number of ether oxygens (including phenoxy) is 8. The number of alkyl halides is 6. The summed E-state index contributed by atoms with van der Waals surface area (Å²) >= 11 is 0. The summed E-state index contributed by atoms with van der Waals surface area (Å²) in [6, 6.07) is 38.1. The van der Waals surface area contributed by atoms with E-state index >= 15 is 0 Å². The number of azide groups is 2. The summed E-state index contributed by atoms with van der Waals surface area (Å²) in [5.74, 6) is 6.09. The van der Waals surface area contributed by atoms with Gasteiger partial charge in [0.1, 0.15) is 62.6 Å². The standard InChI is InChI=1S/C19H16F3N3O3.C18H16N4O5.C17H15F3N6O3.C16H15N7O5/c1-3-10-27-17-11-16(25-23-2)7-4-13(17)12-28-18(26)24-15-8-5-14(6-9-15)19(20,21)22;1-3-10-26-17-11-15(21-19-2)5-4-13(17)12-27-18(23)20-14-6-8-16(9-7-14)22(24)25;1-22-25-14-5-2-11(15(8-14)29-10-23-26-21)9-28-16(27)24-13-6-3-12(4-7-13)17(18,19)20;1-18-21-13-3-2-11(15(8-13)28-10-19-22-17)9-27-16(24)20-12-4-6-14(7-5-12)23(25)26/h1,4-9,11H,10,12H2,2H3,(H,24,26);1,4-9,11H,10,12H2,2H3,(H,20,23);2-8H,9-10H2,1H3,(H,24,27);2-8H,9-10H2,1H3,(H,20,24). The van der Waals surface area contributed by atoms with Gasteiger partial charge in [0, 0.05) is 132 Å². The highest BCUT2D eigenvalue weighted by Gasteiger charge is 2.31.